The van der Waals surface area contributed by atoms with Crippen molar-refractivity contribution in [2.75, 3.05) is 39.5 Å². The minimum atomic E-state index is -0.800. The van der Waals surface area contributed by atoms with Gasteiger partial charge in [-0.2, -0.15) is 0 Å². The number of hydrogen-bond acceptors (Lipinski definition) is 14. The lowest BCUT2D eigenvalue weighted by Gasteiger charge is -2.27. The third-order valence-corrected chi connectivity index (χ3v) is 16.8. The number of nitrogens with one attached hydrogen (secondary N) is 4. The average Bonchev–Trinajstić information content (AvgIpc) is 1.65. The second-order valence-corrected chi connectivity index (χ2v) is 28.4. The molecule has 6 atom stereocenters. The van der Waals surface area contributed by atoms with Gasteiger partial charge >= 0.3 is 12.2 Å². The number of aryl methyl sites for hydroxylation is 3. The first-order valence-corrected chi connectivity index (χ1v) is 37.8. The molecule has 18 heteroatoms. The van der Waals surface area contributed by atoms with Crippen molar-refractivity contribution >= 4 is 37.0 Å². The molecule has 0 unspecified atom stereocenters. The van der Waals surface area contributed by atoms with Crippen LogP contribution in [-0.2, 0) is 72.4 Å². The number of aliphatic hydroxyl groups is 2. The predicted octanol–water partition coefficient (Wildman–Crippen LogP) is 17.7. The van der Waals surface area contributed by atoms with E-state index in [1.807, 2.05) is 108 Å². The Bertz CT molecular complexity index is 3180. The summed E-state index contributed by atoms with van der Waals surface area (Å²) in [5, 5.41) is 33.9. The van der Waals surface area contributed by atoms with Crippen molar-refractivity contribution in [3.8, 4) is 17.2 Å². The average molecular weight is 1480 g/mol. The van der Waals surface area contributed by atoms with E-state index < -0.39 is 41.6 Å². The summed E-state index contributed by atoms with van der Waals surface area (Å²) in [6.45, 7) is 29.8. The molecule has 16 nitrogen and oxygen atoms in total. The summed E-state index contributed by atoms with van der Waals surface area (Å²) < 4.78 is 33.9. The second kappa shape index (κ2) is 55.0. The number of carbonyl (C=O) groups is 2. The fourth-order valence-corrected chi connectivity index (χ4v) is 11.0. The zero-order valence-electron chi connectivity index (χ0n) is 64.5. The largest absolute Gasteiger partial charge is 0.494 e. The fraction of sp³-hybridized carbons (Fsp3) is 0.558. The first-order valence-electron chi connectivity index (χ1n) is 37.8. The summed E-state index contributed by atoms with van der Waals surface area (Å²) in [5.74, 6) is 2.57. The molecule has 1 heterocycles. The van der Waals surface area contributed by atoms with Gasteiger partial charge in [0.2, 0.25) is 0 Å². The van der Waals surface area contributed by atoms with Gasteiger partial charge in [-0.1, -0.05) is 216 Å². The molecule has 0 saturated carbocycles. The van der Waals surface area contributed by atoms with Gasteiger partial charge in [0.1, 0.15) is 34.6 Å². The van der Waals surface area contributed by atoms with E-state index in [0.29, 0.717) is 58.7 Å². The van der Waals surface area contributed by atoms with E-state index in [0.717, 1.165) is 92.2 Å². The molecule has 7 rings (SSSR count). The van der Waals surface area contributed by atoms with Crippen LogP contribution in [0.25, 0.3) is 0 Å². The molecule has 0 bridgehead atoms. The lowest BCUT2D eigenvalue weighted by molar-refractivity contribution is 0.0421. The Morgan fingerprint density at radius 2 is 0.817 bits per heavy atom. The summed E-state index contributed by atoms with van der Waals surface area (Å²) in [6, 6.07) is 48.4. The number of aliphatic hydroxyl groups excluding tert-OH is 2. The molecule has 0 aliphatic carbocycles. The smallest absolute Gasteiger partial charge is 0.407 e. The minimum Gasteiger partial charge on any atom is -0.494 e. The standard InChI is InChI=1S/C30H46N2O4.C25H38N2O2.C21H33NO4.C9H13N.CH4.2ClH/c1-6-8-9-10-17-35-26-16-12-14-24(19-26)20-27(32-29(34)36-30(3,4)5)28(33)22-31-21-25-15-11-13-23(7-2)18-25;1-3-5-6-7-14-29-23-13-9-11-21(16-23)17-24(26)25(28)19-27-18-22-12-8-10-20(4-2)15-22;1-5-6-7-8-12-24-17-11-9-10-16(13-17)14-18(19-15-25-19)22-20(23)26-21(2,3)4;1-2-8-4-3-5-9(6-8)7-10;;;/h11-16,18-19,27-28,31,33H,6-10,17,20-22H2,1-5H3,(H,32,34);8-13,15-16,24-25,27-28H,3-7,14,17-19,26H2,1-2H3;9-11,13,18-19H,5-8,12,14-15H2,1-4H3,(H,22,23);3-6H,2,7,10H2,1H3;1H4;2*1H/t27-,28+;24-,25+;18-,19+;;;;/m000..../s1. The van der Waals surface area contributed by atoms with E-state index in [4.69, 9.17) is 39.9 Å². The lowest BCUT2D eigenvalue weighted by atomic mass is 10.0. The zero-order valence-corrected chi connectivity index (χ0v) is 66.2. The monoisotopic (exact) mass is 1480 g/mol. The number of amides is 2. The predicted molar refractivity (Wildman–Crippen MR) is 435 cm³/mol. The summed E-state index contributed by atoms with van der Waals surface area (Å²) in [7, 11) is 0. The van der Waals surface area contributed by atoms with Crippen LogP contribution in [0.1, 0.15) is 218 Å². The van der Waals surface area contributed by atoms with E-state index >= 15 is 0 Å². The molecule has 2 amide bonds. The summed E-state index contributed by atoms with van der Waals surface area (Å²) in [5.41, 5.74) is 21.4. The highest BCUT2D eigenvalue weighted by Crippen LogP contribution is 2.24. The lowest BCUT2D eigenvalue weighted by Crippen LogP contribution is -2.49. The van der Waals surface area contributed by atoms with E-state index in [-0.39, 0.29) is 50.4 Å². The topological polar surface area (TPSA) is 233 Å². The number of hydrogen-bond donors (Lipinski definition) is 8. The number of epoxide rings is 1. The maximum atomic E-state index is 12.5. The van der Waals surface area contributed by atoms with Crippen molar-refractivity contribution < 1.29 is 48.2 Å². The van der Waals surface area contributed by atoms with Crippen molar-refractivity contribution in [3.05, 3.63) is 196 Å². The van der Waals surface area contributed by atoms with Crippen LogP contribution in [0.2, 0.25) is 0 Å². The number of alkyl carbamates (subject to hydrolysis) is 2. The van der Waals surface area contributed by atoms with Gasteiger partial charge < -0.3 is 71.4 Å². The van der Waals surface area contributed by atoms with Gasteiger partial charge in [-0.3, -0.25) is 0 Å². The molecule has 0 aromatic heterocycles. The van der Waals surface area contributed by atoms with Crippen LogP contribution in [0.15, 0.2) is 146 Å². The van der Waals surface area contributed by atoms with Crippen molar-refractivity contribution in [3.63, 3.8) is 0 Å². The fourth-order valence-electron chi connectivity index (χ4n) is 11.0. The third-order valence-electron chi connectivity index (χ3n) is 16.8. The molecule has 1 aliphatic heterocycles. The van der Waals surface area contributed by atoms with Crippen molar-refractivity contribution in [2.45, 2.75) is 273 Å². The van der Waals surface area contributed by atoms with Gasteiger partial charge in [0.25, 0.3) is 0 Å². The van der Waals surface area contributed by atoms with Crippen LogP contribution in [0.3, 0.4) is 0 Å². The Morgan fingerprint density at radius 3 is 1.20 bits per heavy atom. The van der Waals surface area contributed by atoms with Crippen LogP contribution >= 0.6 is 24.8 Å². The molecule has 6 aromatic rings. The van der Waals surface area contributed by atoms with E-state index in [9.17, 15) is 19.8 Å². The highest BCUT2D eigenvalue weighted by Gasteiger charge is 2.35. The van der Waals surface area contributed by atoms with Gasteiger partial charge in [0, 0.05) is 38.8 Å². The first-order chi connectivity index (χ1) is 48.5. The molecule has 104 heavy (non-hydrogen) atoms. The van der Waals surface area contributed by atoms with E-state index in [1.165, 1.54) is 91.2 Å². The highest BCUT2D eigenvalue weighted by atomic mass is 35.5. The number of ether oxygens (including phenoxy) is 6. The minimum absolute atomic E-state index is 0. The SMILES string of the molecule is C.CCCCCCOc1cccc(C[C@H](N)[C@H](O)CNCc2cccc(CC)c2)c1.CCCCCCOc1cccc(C[C@H](NC(=O)OC(C)(C)C)[C@H](O)CNCc2cccc(CC)c2)c1.CCCCCCOc1cccc(C[C@H](NC(=O)OC(C)(C)C)[C@H]2CO2)c1.CCc1cccc(CN)c1.Cl.Cl. The Hall–Kier alpha value is -6.44. The quantitative estimate of drug-likeness (QED) is 0.0132. The number of unbranched alkanes of at least 4 members (excludes halogenated alkanes) is 9. The third kappa shape index (κ3) is 43.9. The molecular formula is C86H136Cl2N6O10. The van der Waals surface area contributed by atoms with Crippen molar-refractivity contribution in [2.24, 2.45) is 11.5 Å². The zero-order chi connectivity index (χ0) is 73.7. The first kappa shape index (κ1) is 95.6. The number of nitrogens with two attached hydrogens (primary N) is 2. The second-order valence-electron chi connectivity index (χ2n) is 28.4. The Labute approximate surface area is 640 Å². The maximum Gasteiger partial charge on any atom is 0.407 e. The summed E-state index contributed by atoms with van der Waals surface area (Å²) >= 11 is 0. The van der Waals surface area contributed by atoms with Crippen LogP contribution in [0.5, 0.6) is 17.2 Å². The normalized spacial score (nSPS) is 13.6. The molecule has 0 radical (unpaired) electrons. The van der Waals surface area contributed by atoms with Crippen LogP contribution in [-0.4, -0.2) is 110 Å². The number of benzene rings is 6. The summed E-state index contributed by atoms with van der Waals surface area (Å²) in [6.07, 6.45) is 16.8. The van der Waals surface area contributed by atoms with Gasteiger partial charge in [-0.25, -0.2) is 9.59 Å². The van der Waals surface area contributed by atoms with Crippen LogP contribution < -0.4 is 46.9 Å². The van der Waals surface area contributed by atoms with E-state index in [2.05, 4.69) is 142 Å². The van der Waals surface area contributed by atoms with Gasteiger partial charge in [0.05, 0.1) is 50.7 Å². The van der Waals surface area contributed by atoms with Crippen molar-refractivity contribution in [1.29, 1.82) is 0 Å². The number of halogens is 2. The molecule has 584 valence electrons. The Kier molecular flexibility index (Phi) is 50.6. The van der Waals surface area contributed by atoms with Gasteiger partial charge in [-0.15, -0.1) is 24.8 Å². The van der Waals surface area contributed by atoms with Crippen LogP contribution in [0.4, 0.5) is 9.59 Å². The maximum absolute atomic E-state index is 12.5. The molecule has 6 aromatic carbocycles. The molecule has 0 spiro atoms. The van der Waals surface area contributed by atoms with Crippen LogP contribution in [0, 0.1) is 0 Å². The Balaban J connectivity index is 0.000000726. The molecule has 1 aliphatic rings. The molecule has 10 N–H and O–H groups in total. The molecule has 1 saturated heterocycles. The molecular weight excluding hydrogens is 1350 g/mol. The van der Waals surface area contributed by atoms with Gasteiger partial charge in [-0.05, 0) is 186 Å². The molecule has 1 fully saturated rings. The Morgan fingerprint density at radius 1 is 0.471 bits per heavy atom. The summed E-state index contributed by atoms with van der Waals surface area (Å²) in [4.78, 5) is 24.6. The number of rotatable bonds is 41. The van der Waals surface area contributed by atoms with E-state index in [1.54, 1.807) is 0 Å². The number of carbonyl (C=O) groups excluding carboxylic acids is 2. The highest BCUT2D eigenvalue weighted by molar-refractivity contribution is 5.85. The van der Waals surface area contributed by atoms with Gasteiger partial charge in [0.15, 0.2) is 0 Å². The van der Waals surface area contributed by atoms with Crippen molar-refractivity contribution in [1.82, 2.24) is 21.3 Å².